The number of aliphatic hydroxyl groups is 2. The average Bonchev–Trinajstić information content (AvgIpc) is 2.55. The van der Waals surface area contributed by atoms with Crippen molar-refractivity contribution in [3.8, 4) is 11.5 Å². The van der Waals surface area contributed by atoms with Crippen LogP contribution in [0.25, 0.3) is 5.57 Å². The zero-order chi connectivity index (χ0) is 19.0. The Balaban J connectivity index is 1.98. The third-order valence-corrected chi connectivity index (χ3v) is 5.02. The van der Waals surface area contributed by atoms with Crippen LogP contribution in [0, 0.1) is 5.92 Å². The van der Waals surface area contributed by atoms with Gasteiger partial charge in [-0.2, -0.15) is 0 Å². The van der Waals surface area contributed by atoms with Crippen LogP contribution in [0.5, 0.6) is 11.5 Å². The summed E-state index contributed by atoms with van der Waals surface area (Å²) in [6, 6.07) is 2.90. The van der Waals surface area contributed by atoms with Gasteiger partial charge in [-0.25, -0.2) is 0 Å². The molecular formula is C20H24O6. The minimum absolute atomic E-state index is 0.0489. The number of hydrogen-bond acceptors (Lipinski definition) is 6. The summed E-state index contributed by atoms with van der Waals surface area (Å²) < 4.78 is 5.60. The number of carbonyl (C=O) groups is 1. The first-order valence-corrected chi connectivity index (χ1v) is 8.73. The number of hydrogen-bond donors (Lipinski definition) is 4. The SMILES string of the molecule is CC(C)=CCc1c(O)ccc(C2=COC3CC(O)CC(O)C3C2=O)c1O. The quantitative estimate of drug-likeness (QED) is 0.615. The van der Waals surface area contributed by atoms with E-state index in [4.69, 9.17) is 4.74 Å². The van der Waals surface area contributed by atoms with Crippen LogP contribution in [0.3, 0.4) is 0 Å². The van der Waals surface area contributed by atoms with E-state index in [0.717, 1.165) is 5.57 Å². The van der Waals surface area contributed by atoms with Gasteiger partial charge in [0.2, 0.25) is 0 Å². The fourth-order valence-electron chi connectivity index (χ4n) is 3.61. The van der Waals surface area contributed by atoms with Gasteiger partial charge in [-0.3, -0.25) is 4.79 Å². The highest BCUT2D eigenvalue weighted by Gasteiger charge is 2.45. The molecule has 1 aliphatic heterocycles. The molecule has 140 valence electrons. The molecule has 2 aliphatic rings. The van der Waals surface area contributed by atoms with Gasteiger partial charge < -0.3 is 25.2 Å². The van der Waals surface area contributed by atoms with Crippen LogP contribution in [-0.2, 0) is 16.0 Å². The Bertz CT molecular complexity index is 775. The Hall–Kier alpha value is -2.31. The number of ether oxygens (including phenoxy) is 1. The molecule has 1 aromatic carbocycles. The molecule has 4 unspecified atom stereocenters. The van der Waals surface area contributed by atoms with Crippen molar-refractivity contribution in [2.45, 2.75) is 51.4 Å². The number of fused-ring (bicyclic) bond motifs is 1. The smallest absolute Gasteiger partial charge is 0.176 e. The fraction of sp³-hybridized carbons (Fsp3) is 0.450. The summed E-state index contributed by atoms with van der Waals surface area (Å²) in [5, 5.41) is 40.7. The van der Waals surface area contributed by atoms with E-state index in [1.54, 1.807) is 0 Å². The first-order chi connectivity index (χ1) is 12.3. The van der Waals surface area contributed by atoms with Crippen LogP contribution in [0.2, 0.25) is 0 Å². The van der Waals surface area contributed by atoms with Crippen molar-refractivity contribution in [2.75, 3.05) is 0 Å². The van der Waals surface area contributed by atoms with E-state index >= 15 is 0 Å². The van der Waals surface area contributed by atoms with Crippen LogP contribution in [0.4, 0.5) is 0 Å². The van der Waals surface area contributed by atoms with Gasteiger partial charge in [0.25, 0.3) is 0 Å². The predicted octanol–water partition coefficient (Wildman–Crippen LogP) is 2.05. The summed E-state index contributed by atoms with van der Waals surface area (Å²) in [5.74, 6) is -1.32. The highest BCUT2D eigenvalue weighted by Crippen LogP contribution is 2.41. The normalized spacial score (nSPS) is 28.0. The largest absolute Gasteiger partial charge is 0.508 e. The molecule has 26 heavy (non-hydrogen) atoms. The minimum atomic E-state index is -0.996. The summed E-state index contributed by atoms with van der Waals surface area (Å²) in [4.78, 5) is 12.9. The summed E-state index contributed by atoms with van der Waals surface area (Å²) in [6.07, 6.45) is 1.61. The number of ketones is 1. The van der Waals surface area contributed by atoms with E-state index in [1.165, 1.54) is 18.4 Å². The van der Waals surface area contributed by atoms with Crippen LogP contribution >= 0.6 is 0 Å². The van der Waals surface area contributed by atoms with E-state index in [-0.39, 0.29) is 41.3 Å². The summed E-state index contributed by atoms with van der Waals surface area (Å²) in [6.45, 7) is 3.83. The Morgan fingerprint density at radius 2 is 1.96 bits per heavy atom. The number of allylic oxidation sites excluding steroid dienone is 3. The maximum Gasteiger partial charge on any atom is 0.176 e. The molecule has 6 nitrogen and oxygen atoms in total. The van der Waals surface area contributed by atoms with Gasteiger partial charge >= 0.3 is 0 Å². The lowest BCUT2D eigenvalue weighted by Crippen LogP contribution is -2.48. The second-order valence-electron chi connectivity index (χ2n) is 7.23. The maximum atomic E-state index is 12.9. The molecular weight excluding hydrogens is 336 g/mol. The standard InChI is InChI=1S/C20H24O6/c1-10(2)3-4-13-15(22)6-5-12(19(13)24)14-9-26-17-8-11(21)7-16(23)18(17)20(14)25/h3,5-6,9,11,16-18,21-24H,4,7-8H2,1-2H3. The third-order valence-electron chi connectivity index (χ3n) is 5.02. The lowest BCUT2D eigenvalue weighted by Gasteiger charge is -2.39. The second kappa shape index (κ2) is 7.13. The first-order valence-electron chi connectivity index (χ1n) is 8.73. The van der Waals surface area contributed by atoms with Crippen LogP contribution < -0.4 is 0 Å². The lowest BCUT2D eigenvalue weighted by molar-refractivity contribution is -0.137. The fourth-order valence-corrected chi connectivity index (χ4v) is 3.61. The van der Waals surface area contributed by atoms with E-state index in [1.807, 2.05) is 19.9 Å². The molecule has 4 atom stereocenters. The number of aliphatic hydroxyl groups excluding tert-OH is 2. The summed E-state index contributed by atoms with van der Waals surface area (Å²) in [5.41, 5.74) is 1.80. The number of benzene rings is 1. The molecule has 3 rings (SSSR count). The molecule has 1 aliphatic carbocycles. The number of phenols is 2. The molecule has 0 amide bonds. The summed E-state index contributed by atoms with van der Waals surface area (Å²) >= 11 is 0. The van der Waals surface area contributed by atoms with Gasteiger partial charge in [-0.05, 0) is 32.4 Å². The van der Waals surface area contributed by atoms with E-state index < -0.39 is 24.2 Å². The van der Waals surface area contributed by atoms with Gasteiger partial charge in [0.05, 0.1) is 30.0 Å². The van der Waals surface area contributed by atoms with Crippen LogP contribution in [-0.4, -0.2) is 44.5 Å². The molecule has 0 aromatic heterocycles. The van der Waals surface area contributed by atoms with Crippen molar-refractivity contribution in [3.05, 3.63) is 41.2 Å². The van der Waals surface area contributed by atoms with Crippen molar-refractivity contribution in [2.24, 2.45) is 5.92 Å². The monoisotopic (exact) mass is 360 g/mol. The van der Waals surface area contributed by atoms with Crippen molar-refractivity contribution in [1.29, 1.82) is 0 Å². The van der Waals surface area contributed by atoms with Crippen LogP contribution in [0.15, 0.2) is 30.0 Å². The minimum Gasteiger partial charge on any atom is -0.508 e. The molecule has 6 heteroatoms. The van der Waals surface area contributed by atoms with E-state index in [0.29, 0.717) is 12.0 Å². The molecule has 1 fully saturated rings. The van der Waals surface area contributed by atoms with Gasteiger partial charge in [0.1, 0.15) is 17.6 Å². The van der Waals surface area contributed by atoms with Gasteiger partial charge in [0, 0.05) is 24.0 Å². The lowest BCUT2D eigenvalue weighted by atomic mass is 9.75. The molecule has 0 saturated heterocycles. The molecule has 1 saturated carbocycles. The molecule has 0 bridgehead atoms. The number of carbonyl (C=O) groups excluding carboxylic acids is 1. The Morgan fingerprint density at radius 1 is 1.23 bits per heavy atom. The molecule has 0 radical (unpaired) electrons. The zero-order valence-electron chi connectivity index (χ0n) is 14.8. The molecule has 1 aromatic rings. The topological polar surface area (TPSA) is 107 Å². The van der Waals surface area contributed by atoms with E-state index in [2.05, 4.69) is 0 Å². The molecule has 1 heterocycles. The van der Waals surface area contributed by atoms with Gasteiger partial charge in [-0.1, -0.05) is 11.6 Å². The molecule has 0 spiro atoms. The predicted molar refractivity (Wildman–Crippen MR) is 95.5 cm³/mol. The highest BCUT2D eigenvalue weighted by molar-refractivity contribution is 6.23. The van der Waals surface area contributed by atoms with Crippen molar-refractivity contribution in [1.82, 2.24) is 0 Å². The maximum absolute atomic E-state index is 12.9. The summed E-state index contributed by atoms with van der Waals surface area (Å²) in [7, 11) is 0. The van der Waals surface area contributed by atoms with Gasteiger partial charge in [0.15, 0.2) is 5.78 Å². The van der Waals surface area contributed by atoms with Crippen molar-refractivity contribution < 1.29 is 30.0 Å². The number of aromatic hydroxyl groups is 2. The van der Waals surface area contributed by atoms with Crippen LogP contribution in [0.1, 0.15) is 37.8 Å². The number of phenolic OH excluding ortho intramolecular Hbond substituents is 2. The zero-order valence-corrected chi connectivity index (χ0v) is 14.8. The second-order valence-corrected chi connectivity index (χ2v) is 7.23. The van der Waals surface area contributed by atoms with Gasteiger partial charge in [-0.15, -0.1) is 0 Å². The van der Waals surface area contributed by atoms with E-state index in [9.17, 15) is 25.2 Å². The Labute approximate surface area is 152 Å². The number of Topliss-reactive ketones (excluding diaryl/α,β-unsaturated/α-hetero) is 1. The number of rotatable bonds is 3. The highest BCUT2D eigenvalue weighted by atomic mass is 16.5. The Morgan fingerprint density at radius 3 is 2.65 bits per heavy atom. The first kappa shape index (κ1) is 18.5. The third kappa shape index (κ3) is 3.34. The van der Waals surface area contributed by atoms with Crippen molar-refractivity contribution >= 4 is 11.4 Å². The van der Waals surface area contributed by atoms with Crippen molar-refractivity contribution in [3.63, 3.8) is 0 Å². The molecule has 4 N–H and O–H groups in total. The Kier molecular flexibility index (Phi) is 5.07. The average molecular weight is 360 g/mol.